The minimum absolute atomic E-state index is 0.0608. The molecule has 0 aliphatic carbocycles. The molecule has 0 spiro atoms. The van der Waals surface area contributed by atoms with E-state index in [9.17, 15) is 4.79 Å². The molecule has 0 bridgehead atoms. The maximum absolute atomic E-state index is 12.0. The lowest BCUT2D eigenvalue weighted by Crippen LogP contribution is -2.23. The van der Waals surface area contributed by atoms with Crippen LogP contribution in [0.2, 0.25) is 0 Å². The van der Waals surface area contributed by atoms with E-state index in [4.69, 9.17) is 4.74 Å². The van der Waals surface area contributed by atoms with Crippen LogP contribution in [0.5, 0.6) is 5.75 Å². The highest BCUT2D eigenvalue weighted by atomic mass is 16.5. The predicted molar refractivity (Wildman–Crippen MR) is 81.2 cm³/mol. The monoisotopic (exact) mass is 285 g/mol. The zero-order valence-electron chi connectivity index (χ0n) is 12.7. The van der Waals surface area contributed by atoms with Crippen LogP contribution in [0.15, 0.2) is 36.7 Å². The van der Waals surface area contributed by atoms with Crippen LogP contribution in [0.1, 0.15) is 24.3 Å². The fraction of sp³-hybridized carbons (Fsp3) is 0.312. The second-order valence-electron chi connectivity index (χ2n) is 5.15. The third kappa shape index (κ3) is 3.56. The van der Waals surface area contributed by atoms with Gasteiger partial charge in [-0.2, -0.15) is 0 Å². The first-order valence-corrected chi connectivity index (χ1v) is 6.78. The molecule has 0 radical (unpaired) electrons. The Kier molecular flexibility index (Phi) is 4.52. The Morgan fingerprint density at radius 3 is 2.57 bits per heavy atom. The molecule has 1 aromatic heterocycles. The normalized spacial score (nSPS) is 10.5. The Morgan fingerprint density at radius 2 is 1.90 bits per heavy atom. The molecule has 5 nitrogen and oxygen atoms in total. The van der Waals surface area contributed by atoms with Gasteiger partial charge in [0.2, 0.25) is 0 Å². The second-order valence-corrected chi connectivity index (χ2v) is 5.15. The Bertz CT molecular complexity index is 639. The van der Waals surface area contributed by atoms with Gasteiger partial charge in [-0.1, -0.05) is 12.1 Å². The molecule has 0 aliphatic heterocycles. The zero-order valence-corrected chi connectivity index (χ0v) is 12.7. The van der Waals surface area contributed by atoms with Gasteiger partial charge >= 0.3 is 0 Å². The molecule has 5 heteroatoms. The van der Waals surface area contributed by atoms with E-state index >= 15 is 0 Å². The standard InChI is InChI=1S/C16H19N3O2/c1-11(2)21-15-8-6-5-7-12(15)13-9-17-10-14(18-13)16(20)19(3)4/h5-11H,1-4H3. The quantitative estimate of drug-likeness (QED) is 0.866. The Labute approximate surface area is 124 Å². The molecule has 0 aliphatic rings. The summed E-state index contributed by atoms with van der Waals surface area (Å²) in [5.74, 6) is 0.558. The Balaban J connectivity index is 2.43. The summed E-state index contributed by atoms with van der Waals surface area (Å²) < 4.78 is 5.78. The summed E-state index contributed by atoms with van der Waals surface area (Å²) >= 11 is 0. The minimum atomic E-state index is -0.174. The van der Waals surface area contributed by atoms with Gasteiger partial charge in [0.05, 0.1) is 24.2 Å². The second kappa shape index (κ2) is 6.35. The Morgan fingerprint density at radius 1 is 1.19 bits per heavy atom. The topological polar surface area (TPSA) is 55.3 Å². The van der Waals surface area contributed by atoms with E-state index in [0.29, 0.717) is 11.4 Å². The number of aromatic nitrogens is 2. The fourth-order valence-electron chi connectivity index (χ4n) is 1.86. The number of nitrogens with zero attached hydrogens (tertiary/aromatic N) is 3. The third-order valence-electron chi connectivity index (χ3n) is 2.79. The molecule has 0 saturated carbocycles. The van der Waals surface area contributed by atoms with Gasteiger partial charge < -0.3 is 9.64 Å². The molecule has 1 amide bonds. The highest BCUT2D eigenvalue weighted by molar-refractivity contribution is 5.92. The summed E-state index contributed by atoms with van der Waals surface area (Å²) in [6, 6.07) is 7.61. The first kappa shape index (κ1) is 15.0. The van der Waals surface area contributed by atoms with Crippen molar-refractivity contribution in [1.29, 1.82) is 0 Å². The highest BCUT2D eigenvalue weighted by Gasteiger charge is 2.14. The number of benzene rings is 1. The SMILES string of the molecule is CC(C)Oc1ccccc1-c1cncc(C(=O)N(C)C)n1. The number of hydrogen-bond acceptors (Lipinski definition) is 4. The van der Waals surface area contributed by atoms with E-state index in [-0.39, 0.29) is 12.0 Å². The van der Waals surface area contributed by atoms with Crippen LogP contribution < -0.4 is 4.74 Å². The lowest BCUT2D eigenvalue weighted by Gasteiger charge is -2.14. The van der Waals surface area contributed by atoms with Gasteiger partial charge in [-0.15, -0.1) is 0 Å². The van der Waals surface area contributed by atoms with Crippen LogP contribution in [0.3, 0.4) is 0 Å². The van der Waals surface area contributed by atoms with Gasteiger partial charge in [0, 0.05) is 19.7 Å². The lowest BCUT2D eigenvalue weighted by molar-refractivity contribution is 0.0821. The van der Waals surface area contributed by atoms with E-state index in [1.165, 1.54) is 11.1 Å². The molecule has 0 unspecified atom stereocenters. The van der Waals surface area contributed by atoms with Gasteiger partial charge in [0.1, 0.15) is 11.4 Å². The van der Waals surface area contributed by atoms with Gasteiger partial charge in [0.25, 0.3) is 5.91 Å². The summed E-state index contributed by atoms with van der Waals surface area (Å²) in [4.78, 5) is 22.0. The van der Waals surface area contributed by atoms with Gasteiger partial charge in [-0.3, -0.25) is 9.78 Å². The molecule has 21 heavy (non-hydrogen) atoms. The number of amides is 1. The molecule has 0 N–H and O–H groups in total. The summed E-state index contributed by atoms with van der Waals surface area (Å²) in [6.45, 7) is 3.93. The van der Waals surface area contributed by atoms with Crippen molar-refractivity contribution in [3.8, 4) is 17.0 Å². The van der Waals surface area contributed by atoms with Gasteiger partial charge in [0.15, 0.2) is 0 Å². The van der Waals surface area contributed by atoms with Gasteiger partial charge in [-0.25, -0.2) is 4.98 Å². The summed E-state index contributed by atoms with van der Waals surface area (Å²) in [5, 5.41) is 0. The molecule has 0 saturated heterocycles. The molecular formula is C16H19N3O2. The largest absolute Gasteiger partial charge is 0.490 e. The van der Waals surface area contributed by atoms with Crippen molar-refractivity contribution in [3.05, 3.63) is 42.4 Å². The van der Waals surface area contributed by atoms with Crippen LogP contribution in [0, 0.1) is 0 Å². The maximum Gasteiger partial charge on any atom is 0.273 e. The third-order valence-corrected chi connectivity index (χ3v) is 2.79. The average Bonchev–Trinajstić information content (AvgIpc) is 2.46. The van der Waals surface area contributed by atoms with Crippen molar-refractivity contribution in [3.63, 3.8) is 0 Å². The molecule has 0 atom stereocenters. The number of carbonyl (C=O) groups is 1. The number of hydrogen-bond donors (Lipinski definition) is 0. The highest BCUT2D eigenvalue weighted by Crippen LogP contribution is 2.28. The molecule has 2 aromatic rings. The Hall–Kier alpha value is -2.43. The van der Waals surface area contributed by atoms with Crippen LogP contribution >= 0.6 is 0 Å². The van der Waals surface area contributed by atoms with Crippen molar-refractivity contribution in [2.45, 2.75) is 20.0 Å². The number of para-hydroxylation sites is 1. The maximum atomic E-state index is 12.0. The first-order valence-electron chi connectivity index (χ1n) is 6.78. The molecule has 110 valence electrons. The van der Waals surface area contributed by atoms with E-state index in [2.05, 4.69) is 9.97 Å². The average molecular weight is 285 g/mol. The van der Waals surface area contributed by atoms with E-state index in [1.54, 1.807) is 20.3 Å². The van der Waals surface area contributed by atoms with Crippen molar-refractivity contribution in [2.75, 3.05) is 14.1 Å². The van der Waals surface area contributed by atoms with E-state index in [0.717, 1.165) is 11.3 Å². The molecule has 1 aromatic carbocycles. The fourth-order valence-corrected chi connectivity index (χ4v) is 1.86. The van der Waals surface area contributed by atoms with Crippen molar-refractivity contribution < 1.29 is 9.53 Å². The van der Waals surface area contributed by atoms with Crippen LogP contribution in [0.25, 0.3) is 11.3 Å². The van der Waals surface area contributed by atoms with E-state index < -0.39 is 0 Å². The van der Waals surface area contributed by atoms with E-state index in [1.807, 2.05) is 38.1 Å². The van der Waals surface area contributed by atoms with Crippen LogP contribution in [-0.4, -0.2) is 41.0 Å². The summed E-state index contributed by atoms with van der Waals surface area (Å²) in [7, 11) is 3.37. The molecular weight excluding hydrogens is 266 g/mol. The van der Waals surface area contributed by atoms with Crippen molar-refractivity contribution in [1.82, 2.24) is 14.9 Å². The summed E-state index contributed by atoms with van der Waals surface area (Å²) in [5.41, 5.74) is 1.77. The summed E-state index contributed by atoms with van der Waals surface area (Å²) in [6.07, 6.45) is 3.16. The smallest absolute Gasteiger partial charge is 0.273 e. The number of rotatable bonds is 4. The zero-order chi connectivity index (χ0) is 15.4. The lowest BCUT2D eigenvalue weighted by atomic mass is 10.1. The molecule has 2 rings (SSSR count). The van der Waals surface area contributed by atoms with Crippen LogP contribution in [0.4, 0.5) is 0 Å². The first-order chi connectivity index (χ1) is 9.99. The van der Waals surface area contributed by atoms with Gasteiger partial charge in [-0.05, 0) is 26.0 Å². The van der Waals surface area contributed by atoms with Crippen molar-refractivity contribution in [2.24, 2.45) is 0 Å². The predicted octanol–water partition coefficient (Wildman–Crippen LogP) is 2.63. The molecule has 0 fully saturated rings. The van der Waals surface area contributed by atoms with Crippen molar-refractivity contribution >= 4 is 5.91 Å². The number of carbonyl (C=O) groups excluding carboxylic acids is 1. The minimum Gasteiger partial charge on any atom is -0.490 e. The molecule has 1 heterocycles. The van der Waals surface area contributed by atoms with Crippen LogP contribution in [-0.2, 0) is 0 Å². The number of ether oxygens (including phenoxy) is 1.